The maximum Gasteiger partial charge on any atom is 0.305 e. The Bertz CT molecular complexity index is 1420. The monoisotopic (exact) mass is 1190 g/mol. The lowest BCUT2D eigenvalue weighted by Gasteiger charge is -2.20. The Balaban J connectivity index is 3.39. The van der Waals surface area contributed by atoms with E-state index in [1.165, 1.54) is 340 Å². The summed E-state index contributed by atoms with van der Waals surface area (Å²) < 4.78 is 5.51. The Morgan fingerprint density at radius 3 is 0.929 bits per heavy atom. The Morgan fingerprint density at radius 2 is 0.588 bits per heavy atom. The van der Waals surface area contributed by atoms with Gasteiger partial charge in [-0.05, 0) is 89.9 Å². The fraction of sp³-hybridized carbons (Fsp3) is 0.873. The van der Waals surface area contributed by atoms with Crippen LogP contribution in [0.15, 0.2) is 48.6 Å². The van der Waals surface area contributed by atoms with Crippen LogP contribution in [0.4, 0.5) is 0 Å². The first kappa shape index (κ1) is 82.8. The lowest BCUT2D eigenvalue weighted by atomic mass is 10.0. The van der Waals surface area contributed by atoms with Crippen LogP contribution in [0.5, 0.6) is 0 Å². The molecule has 0 saturated heterocycles. The summed E-state index contributed by atoms with van der Waals surface area (Å²) in [7, 11) is 0. The van der Waals surface area contributed by atoms with Gasteiger partial charge >= 0.3 is 5.97 Å². The van der Waals surface area contributed by atoms with Crippen molar-refractivity contribution in [2.75, 3.05) is 13.2 Å². The summed E-state index contributed by atoms with van der Waals surface area (Å²) in [6.45, 7) is 4.92. The van der Waals surface area contributed by atoms with Crippen LogP contribution >= 0.6 is 0 Å². The van der Waals surface area contributed by atoms with Gasteiger partial charge in [-0.25, -0.2) is 0 Å². The minimum atomic E-state index is -0.846. The molecule has 0 aliphatic heterocycles. The zero-order valence-corrected chi connectivity index (χ0v) is 57.4. The number of nitrogens with one attached hydrogen (secondary N) is 1. The number of rotatable bonds is 72. The van der Waals surface area contributed by atoms with Gasteiger partial charge in [0.05, 0.1) is 25.4 Å². The van der Waals surface area contributed by atoms with Gasteiger partial charge in [-0.3, -0.25) is 9.59 Å². The van der Waals surface area contributed by atoms with Crippen molar-refractivity contribution in [3.63, 3.8) is 0 Å². The van der Waals surface area contributed by atoms with Gasteiger partial charge in [0.1, 0.15) is 0 Å². The average molecular weight is 1190 g/mol. The summed E-state index contributed by atoms with van der Waals surface area (Å²) >= 11 is 0. The number of esters is 1. The summed E-state index contributed by atoms with van der Waals surface area (Å²) in [6, 6.07) is -0.630. The van der Waals surface area contributed by atoms with Crippen molar-refractivity contribution in [2.45, 2.75) is 431 Å². The number of allylic oxidation sites excluding steroid dienone is 7. The van der Waals surface area contributed by atoms with E-state index in [0.29, 0.717) is 19.4 Å². The van der Waals surface area contributed by atoms with Crippen LogP contribution in [-0.4, -0.2) is 47.4 Å². The quantitative estimate of drug-likeness (QED) is 0.0320. The van der Waals surface area contributed by atoms with Crippen LogP contribution < -0.4 is 5.32 Å². The minimum absolute atomic E-state index is 0.0122. The van der Waals surface area contributed by atoms with Crippen LogP contribution in [0.2, 0.25) is 0 Å². The Kier molecular flexibility index (Phi) is 72.4. The van der Waals surface area contributed by atoms with Crippen molar-refractivity contribution in [2.24, 2.45) is 0 Å². The smallest absolute Gasteiger partial charge is 0.305 e. The average Bonchev–Trinajstić information content (AvgIpc) is 3.51. The first-order chi connectivity index (χ1) is 42.0. The fourth-order valence-corrected chi connectivity index (χ4v) is 12.0. The lowest BCUT2D eigenvalue weighted by molar-refractivity contribution is -0.143. The molecule has 3 N–H and O–H groups in total. The second-order valence-corrected chi connectivity index (χ2v) is 26.3. The number of amides is 1. The molecular weight excluding hydrogens is 1040 g/mol. The van der Waals surface area contributed by atoms with Crippen molar-refractivity contribution in [3.05, 3.63) is 48.6 Å². The van der Waals surface area contributed by atoms with Gasteiger partial charge in [0.15, 0.2) is 0 Å². The highest BCUT2D eigenvalue weighted by atomic mass is 16.5. The molecule has 85 heavy (non-hydrogen) atoms. The van der Waals surface area contributed by atoms with E-state index in [-0.39, 0.29) is 18.5 Å². The number of unbranched alkanes of at least 4 members (excludes halogenated alkanes) is 55. The third kappa shape index (κ3) is 70.8. The predicted molar refractivity (Wildman–Crippen MR) is 375 cm³/mol. The molecule has 0 fully saturated rings. The maximum atomic E-state index is 12.5. The summed E-state index contributed by atoms with van der Waals surface area (Å²) in [5.74, 6) is -0.0520. The molecule has 6 heteroatoms. The Hall–Kier alpha value is -2.18. The number of aliphatic hydroxyl groups excluding tert-OH is 2. The summed E-state index contributed by atoms with van der Waals surface area (Å²) in [5, 5.41) is 23.3. The summed E-state index contributed by atoms with van der Waals surface area (Å²) in [4.78, 5) is 24.7. The molecule has 0 rings (SSSR count). The fourth-order valence-electron chi connectivity index (χ4n) is 12.0. The topological polar surface area (TPSA) is 95.9 Å². The standard InChI is InChI=1S/C79H149NO5/c1-3-5-7-9-11-13-15-17-19-21-23-32-36-39-43-47-51-55-59-63-67-71-77(82)76(75-81)80-78(83)72-68-64-60-56-52-48-44-40-37-33-30-28-26-24-25-27-29-31-34-38-42-46-50-54-58-62-66-70-74-85-79(84)73-69-65-61-57-53-49-45-41-35-22-20-18-16-14-12-10-8-6-4-2/h12,14,18,20,24-25,67,71,76-77,81-82H,3-11,13,15-17,19,21-23,26-66,68-70,72-75H2,1-2H3,(H,80,83)/b14-12-,20-18-,25-24-,71-67+. The van der Waals surface area contributed by atoms with Crippen molar-refractivity contribution in [1.82, 2.24) is 5.32 Å². The maximum absolute atomic E-state index is 12.5. The van der Waals surface area contributed by atoms with Gasteiger partial charge in [-0.15, -0.1) is 0 Å². The number of carbonyl (C=O) groups excluding carboxylic acids is 2. The highest BCUT2D eigenvalue weighted by molar-refractivity contribution is 5.76. The molecule has 0 aliphatic carbocycles. The van der Waals surface area contributed by atoms with Gasteiger partial charge in [0.2, 0.25) is 5.91 Å². The number of aliphatic hydroxyl groups is 2. The second-order valence-electron chi connectivity index (χ2n) is 26.3. The van der Waals surface area contributed by atoms with Crippen LogP contribution in [0, 0.1) is 0 Å². The third-order valence-corrected chi connectivity index (χ3v) is 17.8. The molecule has 0 bridgehead atoms. The number of ether oxygens (including phenoxy) is 1. The molecule has 0 aromatic carbocycles. The molecule has 6 nitrogen and oxygen atoms in total. The zero-order valence-electron chi connectivity index (χ0n) is 57.4. The largest absolute Gasteiger partial charge is 0.466 e. The predicted octanol–water partition coefficient (Wildman–Crippen LogP) is 25.2. The minimum Gasteiger partial charge on any atom is -0.466 e. The number of hydrogen-bond donors (Lipinski definition) is 3. The molecule has 0 saturated carbocycles. The molecule has 0 spiro atoms. The van der Waals surface area contributed by atoms with Crippen molar-refractivity contribution in [1.29, 1.82) is 0 Å². The van der Waals surface area contributed by atoms with E-state index in [1.54, 1.807) is 6.08 Å². The molecular formula is C79H149NO5. The van der Waals surface area contributed by atoms with E-state index in [0.717, 1.165) is 51.4 Å². The SMILES string of the molecule is CCCCC/C=C\C/C=C\CCCCCCCCCCCC(=O)OCCCCCCCCCCCCCC/C=C\CCCCCCCCCCCCCCC(=O)NC(CO)C(O)/C=C/CCCCCCCCCCCCCCCCCCCCC. The highest BCUT2D eigenvalue weighted by Crippen LogP contribution is 2.19. The van der Waals surface area contributed by atoms with Gasteiger partial charge in [0.25, 0.3) is 0 Å². The van der Waals surface area contributed by atoms with E-state index < -0.39 is 12.1 Å². The van der Waals surface area contributed by atoms with E-state index in [4.69, 9.17) is 4.74 Å². The summed E-state index contributed by atoms with van der Waals surface area (Å²) in [5.41, 5.74) is 0. The van der Waals surface area contributed by atoms with Crippen LogP contribution in [0.1, 0.15) is 418 Å². The van der Waals surface area contributed by atoms with E-state index >= 15 is 0 Å². The van der Waals surface area contributed by atoms with Gasteiger partial charge in [0, 0.05) is 12.8 Å². The molecule has 1 amide bonds. The third-order valence-electron chi connectivity index (χ3n) is 17.8. The molecule has 0 heterocycles. The molecule has 2 atom stereocenters. The van der Waals surface area contributed by atoms with Crippen LogP contribution in [0.25, 0.3) is 0 Å². The number of carbonyl (C=O) groups is 2. The second kappa shape index (κ2) is 74.3. The van der Waals surface area contributed by atoms with E-state index in [2.05, 4.69) is 55.6 Å². The lowest BCUT2D eigenvalue weighted by Crippen LogP contribution is -2.45. The Labute approximate surface area is 531 Å². The molecule has 0 aromatic rings. The van der Waals surface area contributed by atoms with Crippen molar-refractivity contribution in [3.8, 4) is 0 Å². The zero-order chi connectivity index (χ0) is 61.3. The van der Waals surface area contributed by atoms with E-state index in [1.807, 2.05) is 6.08 Å². The highest BCUT2D eigenvalue weighted by Gasteiger charge is 2.18. The Morgan fingerprint density at radius 1 is 0.329 bits per heavy atom. The number of hydrogen-bond acceptors (Lipinski definition) is 5. The molecule has 0 aliphatic rings. The van der Waals surface area contributed by atoms with Crippen LogP contribution in [0.3, 0.4) is 0 Å². The van der Waals surface area contributed by atoms with Crippen molar-refractivity contribution < 1.29 is 24.5 Å². The van der Waals surface area contributed by atoms with Gasteiger partial charge < -0.3 is 20.3 Å². The molecule has 0 aromatic heterocycles. The van der Waals surface area contributed by atoms with Crippen LogP contribution in [-0.2, 0) is 14.3 Å². The first-order valence-electron chi connectivity index (χ1n) is 38.4. The van der Waals surface area contributed by atoms with Gasteiger partial charge in [-0.2, -0.15) is 0 Å². The normalized spacial score (nSPS) is 12.8. The first-order valence-corrected chi connectivity index (χ1v) is 38.4. The molecule has 2 unspecified atom stereocenters. The molecule has 0 radical (unpaired) electrons. The molecule has 500 valence electrons. The van der Waals surface area contributed by atoms with Gasteiger partial charge in [-0.1, -0.05) is 364 Å². The van der Waals surface area contributed by atoms with Crippen molar-refractivity contribution >= 4 is 11.9 Å². The van der Waals surface area contributed by atoms with E-state index in [9.17, 15) is 19.8 Å². The summed E-state index contributed by atoms with van der Waals surface area (Å²) in [6.07, 6.45) is 97.8.